The van der Waals surface area contributed by atoms with Crippen LogP contribution in [0.4, 0.5) is 4.39 Å². The third-order valence-electron chi connectivity index (χ3n) is 4.99. The standard InChI is InChI=1S/C22H24ClFN2O/c1-16-14-26(22(27)12-7-18-3-8-20(23)9-4-18)17(2)13-25(16)15-19-5-10-21(24)11-6-19/h3-12,16-17H,13-15H2,1-2H3/t16-,17-/m0/s1. The Morgan fingerprint density at radius 2 is 1.74 bits per heavy atom. The van der Waals surface area contributed by atoms with Crippen molar-refractivity contribution in [3.05, 3.63) is 76.6 Å². The smallest absolute Gasteiger partial charge is 0.246 e. The van der Waals surface area contributed by atoms with Gasteiger partial charge in [-0.05, 0) is 55.3 Å². The number of carbonyl (C=O) groups excluding carboxylic acids is 1. The molecular weight excluding hydrogens is 363 g/mol. The highest BCUT2D eigenvalue weighted by molar-refractivity contribution is 6.30. The van der Waals surface area contributed by atoms with Crippen molar-refractivity contribution in [3.8, 4) is 0 Å². The molecule has 2 atom stereocenters. The molecule has 3 nitrogen and oxygen atoms in total. The lowest BCUT2D eigenvalue weighted by Crippen LogP contribution is -2.57. The van der Waals surface area contributed by atoms with Crippen LogP contribution in [-0.4, -0.2) is 40.9 Å². The van der Waals surface area contributed by atoms with E-state index in [1.807, 2.05) is 47.4 Å². The summed E-state index contributed by atoms with van der Waals surface area (Å²) in [6, 6.07) is 14.4. The molecule has 0 saturated carbocycles. The summed E-state index contributed by atoms with van der Waals surface area (Å²) in [6.45, 7) is 6.41. The van der Waals surface area contributed by atoms with E-state index < -0.39 is 0 Å². The minimum atomic E-state index is -0.219. The molecule has 3 rings (SSSR count). The second-order valence-electron chi connectivity index (χ2n) is 7.13. The van der Waals surface area contributed by atoms with Crippen LogP contribution in [0, 0.1) is 5.82 Å². The highest BCUT2D eigenvalue weighted by atomic mass is 35.5. The molecule has 0 radical (unpaired) electrons. The van der Waals surface area contributed by atoms with E-state index in [0.29, 0.717) is 11.6 Å². The van der Waals surface area contributed by atoms with Crippen molar-refractivity contribution in [2.24, 2.45) is 0 Å². The summed E-state index contributed by atoms with van der Waals surface area (Å²) in [7, 11) is 0. The van der Waals surface area contributed by atoms with Crippen molar-refractivity contribution >= 4 is 23.6 Å². The van der Waals surface area contributed by atoms with E-state index in [2.05, 4.69) is 18.7 Å². The maximum atomic E-state index is 13.1. The van der Waals surface area contributed by atoms with E-state index >= 15 is 0 Å². The van der Waals surface area contributed by atoms with Crippen molar-refractivity contribution < 1.29 is 9.18 Å². The highest BCUT2D eigenvalue weighted by Crippen LogP contribution is 2.19. The van der Waals surface area contributed by atoms with Gasteiger partial charge in [0.1, 0.15) is 5.82 Å². The Bertz CT molecular complexity index is 804. The second kappa shape index (κ2) is 8.68. The molecule has 5 heteroatoms. The molecule has 0 spiro atoms. The average molecular weight is 387 g/mol. The van der Waals surface area contributed by atoms with Gasteiger partial charge in [-0.3, -0.25) is 9.69 Å². The number of carbonyl (C=O) groups is 1. The summed E-state index contributed by atoms with van der Waals surface area (Å²) in [5.41, 5.74) is 2.03. The van der Waals surface area contributed by atoms with Gasteiger partial charge >= 0.3 is 0 Å². The van der Waals surface area contributed by atoms with Crippen LogP contribution >= 0.6 is 11.6 Å². The molecule has 2 aromatic carbocycles. The molecule has 1 heterocycles. The van der Waals surface area contributed by atoms with Crippen LogP contribution in [0.2, 0.25) is 5.02 Å². The van der Waals surface area contributed by atoms with E-state index in [1.54, 1.807) is 6.08 Å². The van der Waals surface area contributed by atoms with Gasteiger partial charge in [-0.1, -0.05) is 35.9 Å². The van der Waals surface area contributed by atoms with Gasteiger partial charge < -0.3 is 4.90 Å². The first kappa shape index (κ1) is 19.6. The van der Waals surface area contributed by atoms with Crippen LogP contribution in [0.3, 0.4) is 0 Å². The normalized spacial score (nSPS) is 21.0. The first-order valence-electron chi connectivity index (χ1n) is 9.15. The molecule has 2 aromatic rings. The Balaban J connectivity index is 1.61. The summed E-state index contributed by atoms with van der Waals surface area (Å²) in [6.07, 6.45) is 3.45. The third kappa shape index (κ3) is 5.18. The third-order valence-corrected chi connectivity index (χ3v) is 5.24. The molecule has 0 aliphatic carbocycles. The van der Waals surface area contributed by atoms with Gasteiger partial charge in [-0.15, -0.1) is 0 Å². The SMILES string of the molecule is C[C@H]1CN(C(=O)C=Cc2ccc(Cl)cc2)[C@@H](C)CN1Cc1ccc(F)cc1. The number of rotatable bonds is 4. The van der Waals surface area contributed by atoms with Gasteiger partial charge in [0.05, 0.1) is 0 Å². The average Bonchev–Trinajstić information content (AvgIpc) is 2.65. The molecule has 0 bridgehead atoms. The Morgan fingerprint density at radius 3 is 2.41 bits per heavy atom. The Morgan fingerprint density at radius 1 is 1.07 bits per heavy atom. The van der Waals surface area contributed by atoms with Gasteiger partial charge in [0.15, 0.2) is 0 Å². The summed E-state index contributed by atoms with van der Waals surface area (Å²) in [4.78, 5) is 16.9. The fourth-order valence-electron chi connectivity index (χ4n) is 3.39. The molecule has 1 aliphatic rings. The number of amides is 1. The quantitative estimate of drug-likeness (QED) is 0.716. The van der Waals surface area contributed by atoms with Crippen LogP contribution in [-0.2, 0) is 11.3 Å². The molecule has 1 amide bonds. The van der Waals surface area contributed by atoms with Crippen molar-refractivity contribution in [2.45, 2.75) is 32.5 Å². The van der Waals surface area contributed by atoms with Crippen molar-refractivity contribution in [2.75, 3.05) is 13.1 Å². The monoisotopic (exact) mass is 386 g/mol. The van der Waals surface area contributed by atoms with E-state index in [9.17, 15) is 9.18 Å². The molecule has 1 aliphatic heterocycles. The number of benzene rings is 2. The maximum absolute atomic E-state index is 13.1. The fourth-order valence-corrected chi connectivity index (χ4v) is 3.51. The predicted molar refractivity (Wildman–Crippen MR) is 108 cm³/mol. The van der Waals surface area contributed by atoms with Gasteiger partial charge in [0.2, 0.25) is 5.91 Å². The number of piperazine rings is 1. The zero-order valence-electron chi connectivity index (χ0n) is 15.6. The van der Waals surface area contributed by atoms with Gasteiger partial charge in [0, 0.05) is 42.8 Å². The number of nitrogens with zero attached hydrogens (tertiary/aromatic N) is 2. The lowest BCUT2D eigenvalue weighted by Gasteiger charge is -2.44. The fraction of sp³-hybridized carbons (Fsp3) is 0.318. The van der Waals surface area contributed by atoms with Crippen LogP contribution in [0.25, 0.3) is 6.08 Å². The van der Waals surface area contributed by atoms with Gasteiger partial charge in [-0.25, -0.2) is 4.39 Å². The largest absolute Gasteiger partial charge is 0.334 e. The summed E-state index contributed by atoms with van der Waals surface area (Å²) < 4.78 is 13.1. The first-order chi connectivity index (χ1) is 12.9. The highest BCUT2D eigenvalue weighted by Gasteiger charge is 2.30. The number of hydrogen-bond donors (Lipinski definition) is 0. The van der Waals surface area contributed by atoms with Crippen molar-refractivity contribution in [1.82, 2.24) is 9.80 Å². The molecule has 0 N–H and O–H groups in total. The first-order valence-corrected chi connectivity index (χ1v) is 9.53. The van der Waals surface area contributed by atoms with Crippen LogP contribution in [0.5, 0.6) is 0 Å². The van der Waals surface area contributed by atoms with Crippen LogP contribution < -0.4 is 0 Å². The molecule has 142 valence electrons. The Kier molecular flexibility index (Phi) is 6.30. The number of halogens is 2. The van der Waals surface area contributed by atoms with Crippen LogP contribution in [0.15, 0.2) is 54.6 Å². The maximum Gasteiger partial charge on any atom is 0.246 e. The van der Waals surface area contributed by atoms with Gasteiger partial charge in [-0.2, -0.15) is 0 Å². The molecule has 0 unspecified atom stereocenters. The zero-order valence-corrected chi connectivity index (χ0v) is 16.4. The topological polar surface area (TPSA) is 23.6 Å². The Labute approximate surface area is 165 Å². The predicted octanol–water partition coefficient (Wildman–Crippen LogP) is 4.61. The molecule has 27 heavy (non-hydrogen) atoms. The minimum absolute atomic E-state index is 0.0192. The lowest BCUT2D eigenvalue weighted by atomic mass is 10.1. The van der Waals surface area contributed by atoms with Crippen LogP contribution in [0.1, 0.15) is 25.0 Å². The number of hydrogen-bond acceptors (Lipinski definition) is 2. The van der Waals surface area contributed by atoms with E-state index in [0.717, 1.165) is 24.2 Å². The summed E-state index contributed by atoms with van der Waals surface area (Å²) in [5.74, 6) is -0.200. The molecular formula is C22H24ClFN2O. The molecule has 1 saturated heterocycles. The zero-order chi connectivity index (χ0) is 19.4. The summed E-state index contributed by atoms with van der Waals surface area (Å²) in [5, 5.41) is 0.679. The lowest BCUT2D eigenvalue weighted by molar-refractivity contribution is -0.131. The summed E-state index contributed by atoms with van der Waals surface area (Å²) >= 11 is 5.89. The van der Waals surface area contributed by atoms with E-state index in [1.165, 1.54) is 12.1 Å². The van der Waals surface area contributed by atoms with Gasteiger partial charge in [0.25, 0.3) is 0 Å². The van der Waals surface area contributed by atoms with Crippen molar-refractivity contribution in [1.29, 1.82) is 0 Å². The molecule has 0 aromatic heterocycles. The Hall–Kier alpha value is -2.17. The second-order valence-corrected chi connectivity index (χ2v) is 7.57. The minimum Gasteiger partial charge on any atom is -0.334 e. The molecule has 1 fully saturated rings. The van der Waals surface area contributed by atoms with E-state index in [4.69, 9.17) is 11.6 Å². The van der Waals surface area contributed by atoms with Crippen molar-refractivity contribution in [3.63, 3.8) is 0 Å². The van der Waals surface area contributed by atoms with E-state index in [-0.39, 0.29) is 23.8 Å².